The van der Waals surface area contributed by atoms with E-state index in [0.717, 1.165) is 16.8 Å². The van der Waals surface area contributed by atoms with Crippen LogP contribution >= 0.6 is 15.9 Å². The summed E-state index contributed by atoms with van der Waals surface area (Å²) in [6, 6.07) is 5.99. The van der Waals surface area contributed by atoms with Crippen LogP contribution in [0.1, 0.15) is 12.5 Å². The van der Waals surface area contributed by atoms with Crippen molar-refractivity contribution in [2.45, 2.75) is 19.6 Å². The molecule has 0 radical (unpaired) electrons. The molecule has 3 nitrogen and oxygen atoms in total. The molecule has 1 atom stereocenters. The van der Waals surface area contributed by atoms with E-state index >= 15 is 0 Å². The van der Waals surface area contributed by atoms with Crippen molar-refractivity contribution in [2.24, 2.45) is 0 Å². The highest BCUT2D eigenvalue weighted by Crippen LogP contribution is 2.23. The predicted molar refractivity (Wildman–Crippen MR) is 68.9 cm³/mol. The van der Waals surface area contributed by atoms with E-state index in [1.807, 2.05) is 32.2 Å². The number of hydrogen-bond donors (Lipinski definition) is 1. The van der Waals surface area contributed by atoms with Crippen LogP contribution in [-0.2, 0) is 11.3 Å². The Morgan fingerprint density at radius 3 is 2.81 bits per heavy atom. The number of rotatable bonds is 6. The van der Waals surface area contributed by atoms with Crippen molar-refractivity contribution in [1.29, 1.82) is 0 Å². The molecule has 0 saturated carbocycles. The largest absolute Gasteiger partial charge is 0.488 e. The van der Waals surface area contributed by atoms with E-state index in [-0.39, 0.29) is 6.10 Å². The number of benzene rings is 1. The van der Waals surface area contributed by atoms with Gasteiger partial charge in [-0.15, -0.1) is 0 Å². The lowest BCUT2D eigenvalue weighted by atomic mass is 10.2. The zero-order chi connectivity index (χ0) is 12.0. The second kappa shape index (κ2) is 6.89. The van der Waals surface area contributed by atoms with Gasteiger partial charge in [0.1, 0.15) is 11.9 Å². The van der Waals surface area contributed by atoms with Gasteiger partial charge in [-0.3, -0.25) is 0 Å². The molecular weight excluding hydrogens is 270 g/mol. The molecule has 0 heterocycles. The first-order chi connectivity index (χ1) is 7.67. The van der Waals surface area contributed by atoms with Gasteiger partial charge in [0.2, 0.25) is 0 Å². The number of hydrogen-bond acceptors (Lipinski definition) is 3. The lowest BCUT2D eigenvalue weighted by Crippen LogP contribution is -2.18. The van der Waals surface area contributed by atoms with E-state index < -0.39 is 0 Å². The Morgan fingerprint density at radius 2 is 2.19 bits per heavy atom. The third-order valence-electron chi connectivity index (χ3n) is 2.12. The standard InChI is InChI=1S/C12H18BrNO2/c1-9(8-15-3)16-11-4-5-12(13)10(6-11)7-14-2/h4-6,9,14H,7-8H2,1-3H3. The molecule has 1 rings (SSSR count). The van der Waals surface area contributed by atoms with E-state index in [1.54, 1.807) is 7.11 Å². The molecule has 0 spiro atoms. The van der Waals surface area contributed by atoms with Crippen molar-refractivity contribution in [2.75, 3.05) is 20.8 Å². The van der Waals surface area contributed by atoms with Crippen molar-refractivity contribution >= 4 is 15.9 Å². The van der Waals surface area contributed by atoms with Crippen LogP contribution in [0.4, 0.5) is 0 Å². The number of nitrogens with one attached hydrogen (secondary N) is 1. The average Bonchev–Trinajstić information content (AvgIpc) is 2.24. The molecule has 0 aliphatic carbocycles. The fourth-order valence-corrected chi connectivity index (χ4v) is 1.84. The third kappa shape index (κ3) is 4.12. The van der Waals surface area contributed by atoms with Crippen LogP contribution in [0.2, 0.25) is 0 Å². The van der Waals surface area contributed by atoms with Gasteiger partial charge in [0.25, 0.3) is 0 Å². The SMILES string of the molecule is CNCc1cc(OC(C)COC)ccc1Br. The summed E-state index contributed by atoms with van der Waals surface area (Å²) in [7, 11) is 3.60. The molecular formula is C12H18BrNO2. The fourth-order valence-electron chi connectivity index (χ4n) is 1.45. The van der Waals surface area contributed by atoms with Gasteiger partial charge in [-0.2, -0.15) is 0 Å². The van der Waals surface area contributed by atoms with Crippen LogP contribution in [-0.4, -0.2) is 26.9 Å². The Bertz CT molecular complexity index is 331. The summed E-state index contributed by atoms with van der Waals surface area (Å²) >= 11 is 3.51. The van der Waals surface area contributed by atoms with Crippen LogP contribution in [0, 0.1) is 0 Å². The lowest BCUT2D eigenvalue weighted by Gasteiger charge is -2.15. The molecule has 1 unspecified atom stereocenters. The topological polar surface area (TPSA) is 30.5 Å². The van der Waals surface area contributed by atoms with E-state index in [0.29, 0.717) is 6.61 Å². The van der Waals surface area contributed by atoms with Crippen molar-refractivity contribution in [3.63, 3.8) is 0 Å². The average molecular weight is 288 g/mol. The Morgan fingerprint density at radius 1 is 1.44 bits per heavy atom. The quantitative estimate of drug-likeness (QED) is 0.872. The normalized spacial score (nSPS) is 12.5. The Hall–Kier alpha value is -0.580. The molecule has 0 amide bonds. The molecule has 1 aromatic carbocycles. The molecule has 90 valence electrons. The van der Waals surface area contributed by atoms with Crippen molar-refractivity contribution in [1.82, 2.24) is 5.32 Å². The summed E-state index contributed by atoms with van der Waals surface area (Å²) in [5, 5.41) is 3.12. The summed E-state index contributed by atoms with van der Waals surface area (Å²) in [6.07, 6.45) is 0.0635. The van der Waals surface area contributed by atoms with Crippen molar-refractivity contribution < 1.29 is 9.47 Å². The Kier molecular flexibility index (Phi) is 5.80. The highest BCUT2D eigenvalue weighted by Gasteiger charge is 2.06. The molecule has 0 aliphatic rings. The summed E-state index contributed by atoms with van der Waals surface area (Å²) in [4.78, 5) is 0. The first-order valence-corrected chi connectivity index (χ1v) is 6.05. The fraction of sp³-hybridized carbons (Fsp3) is 0.500. The highest BCUT2D eigenvalue weighted by molar-refractivity contribution is 9.10. The minimum Gasteiger partial charge on any atom is -0.488 e. The molecule has 0 fully saturated rings. The molecule has 1 N–H and O–H groups in total. The van der Waals surface area contributed by atoms with Crippen LogP contribution in [0.25, 0.3) is 0 Å². The molecule has 0 saturated heterocycles. The second-order valence-corrected chi connectivity index (χ2v) is 4.52. The van der Waals surface area contributed by atoms with Gasteiger partial charge in [0.05, 0.1) is 6.61 Å². The maximum atomic E-state index is 5.72. The van der Waals surface area contributed by atoms with Gasteiger partial charge in [0, 0.05) is 18.1 Å². The van der Waals surface area contributed by atoms with Crippen LogP contribution in [0.5, 0.6) is 5.75 Å². The molecule has 1 aromatic rings. The number of halogens is 1. The Labute approximate surface area is 105 Å². The van der Waals surface area contributed by atoms with Gasteiger partial charge < -0.3 is 14.8 Å². The second-order valence-electron chi connectivity index (χ2n) is 3.67. The minimum absolute atomic E-state index is 0.0635. The van der Waals surface area contributed by atoms with E-state index in [4.69, 9.17) is 9.47 Å². The van der Waals surface area contributed by atoms with Crippen LogP contribution < -0.4 is 10.1 Å². The first-order valence-electron chi connectivity index (χ1n) is 5.26. The molecule has 4 heteroatoms. The van der Waals surface area contributed by atoms with Gasteiger partial charge in [-0.05, 0) is 37.7 Å². The Balaban J connectivity index is 2.70. The highest BCUT2D eigenvalue weighted by atomic mass is 79.9. The maximum Gasteiger partial charge on any atom is 0.120 e. The van der Waals surface area contributed by atoms with Crippen molar-refractivity contribution in [3.8, 4) is 5.75 Å². The van der Waals surface area contributed by atoms with Gasteiger partial charge in [-0.1, -0.05) is 15.9 Å². The minimum atomic E-state index is 0.0635. The first kappa shape index (κ1) is 13.5. The summed E-state index contributed by atoms with van der Waals surface area (Å²) in [5.41, 5.74) is 1.18. The van der Waals surface area contributed by atoms with Crippen molar-refractivity contribution in [3.05, 3.63) is 28.2 Å². The molecule has 0 bridgehead atoms. The smallest absolute Gasteiger partial charge is 0.120 e. The van der Waals surface area contributed by atoms with Crippen LogP contribution in [0.15, 0.2) is 22.7 Å². The summed E-state index contributed by atoms with van der Waals surface area (Å²) < 4.78 is 11.8. The zero-order valence-electron chi connectivity index (χ0n) is 9.92. The lowest BCUT2D eigenvalue weighted by molar-refractivity contribution is 0.0920. The monoisotopic (exact) mass is 287 g/mol. The molecule has 0 aromatic heterocycles. The van der Waals surface area contributed by atoms with Gasteiger partial charge >= 0.3 is 0 Å². The van der Waals surface area contributed by atoms with E-state index in [9.17, 15) is 0 Å². The van der Waals surface area contributed by atoms with Crippen LogP contribution in [0.3, 0.4) is 0 Å². The van der Waals surface area contributed by atoms with E-state index in [2.05, 4.69) is 21.2 Å². The zero-order valence-corrected chi connectivity index (χ0v) is 11.5. The number of methoxy groups -OCH3 is 1. The molecule has 16 heavy (non-hydrogen) atoms. The predicted octanol–water partition coefficient (Wildman–Crippen LogP) is 2.58. The summed E-state index contributed by atoms with van der Waals surface area (Å²) in [6.45, 7) is 3.40. The maximum absolute atomic E-state index is 5.72. The van der Waals surface area contributed by atoms with Gasteiger partial charge in [0.15, 0.2) is 0 Å². The molecule has 0 aliphatic heterocycles. The van der Waals surface area contributed by atoms with E-state index in [1.165, 1.54) is 5.56 Å². The summed E-state index contributed by atoms with van der Waals surface area (Å²) in [5.74, 6) is 0.873. The number of ether oxygens (including phenoxy) is 2. The third-order valence-corrected chi connectivity index (χ3v) is 2.90. The van der Waals surface area contributed by atoms with Gasteiger partial charge in [-0.25, -0.2) is 0 Å².